The van der Waals surface area contributed by atoms with Crippen molar-refractivity contribution >= 4 is 40.9 Å². The highest BCUT2D eigenvalue weighted by Crippen LogP contribution is 2.22. The minimum absolute atomic E-state index is 0.124. The highest BCUT2D eigenvalue weighted by Gasteiger charge is 2.18. The SMILES string of the molecule is COc1ccc(CC(=O)NC(C)c2nnc(SCC(=O)Nc3ccc(C)c(Cl)c3)n2C)cc1. The van der Waals surface area contributed by atoms with Crippen LogP contribution in [0, 0.1) is 6.92 Å². The van der Waals surface area contributed by atoms with E-state index in [0.29, 0.717) is 21.7 Å². The number of nitrogens with zero attached hydrogens (tertiary/aromatic N) is 3. The van der Waals surface area contributed by atoms with Gasteiger partial charge in [-0.2, -0.15) is 0 Å². The normalized spacial score (nSPS) is 11.7. The first-order valence-corrected chi connectivity index (χ1v) is 11.6. The number of hydrogen-bond acceptors (Lipinski definition) is 6. The van der Waals surface area contributed by atoms with Crippen molar-refractivity contribution in [1.29, 1.82) is 0 Å². The molecule has 1 heterocycles. The number of methoxy groups -OCH3 is 1. The van der Waals surface area contributed by atoms with E-state index >= 15 is 0 Å². The molecule has 0 bridgehead atoms. The van der Waals surface area contributed by atoms with E-state index < -0.39 is 0 Å². The third-order valence-corrected chi connectivity index (χ3v) is 6.37. The maximum Gasteiger partial charge on any atom is 0.234 e. The van der Waals surface area contributed by atoms with Gasteiger partial charge in [-0.15, -0.1) is 10.2 Å². The number of nitrogens with one attached hydrogen (secondary N) is 2. The van der Waals surface area contributed by atoms with Crippen LogP contribution in [0.4, 0.5) is 5.69 Å². The summed E-state index contributed by atoms with van der Waals surface area (Å²) < 4.78 is 6.91. The summed E-state index contributed by atoms with van der Waals surface area (Å²) in [6, 6.07) is 12.4. The van der Waals surface area contributed by atoms with Crippen molar-refractivity contribution in [3.8, 4) is 5.75 Å². The van der Waals surface area contributed by atoms with E-state index in [-0.39, 0.29) is 30.0 Å². The molecule has 10 heteroatoms. The number of carbonyl (C=O) groups is 2. The van der Waals surface area contributed by atoms with Crippen LogP contribution in [0.3, 0.4) is 0 Å². The standard InChI is InChI=1S/C23H26ClN5O3S/c1-14-5-8-17(12-19(14)24)26-21(31)13-33-23-28-27-22(29(23)3)15(2)25-20(30)11-16-6-9-18(32-4)10-7-16/h5-10,12,15H,11,13H2,1-4H3,(H,25,30)(H,26,31). The van der Waals surface area contributed by atoms with E-state index in [2.05, 4.69) is 20.8 Å². The molecule has 0 radical (unpaired) electrons. The summed E-state index contributed by atoms with van der Waals surface area (Å²) in [6.07, 6.45) is 0.247. The summed E-state index contributed by atoms with van der Waals surface area (Å²) in [7, 11) is 3.41. The number of aryl methyl sites for hydroxylation is 1. The number of aromatic nitrogens is 3. The molecular weight excluding hydrogens is 462 g/mol. The minimum Gasteiger partial charge on any atom is -0.497 e. The van der Waals surface area contributed by atoms with Gasteiger partial charge in [-0.1, -0.05) is 41.6 Å². The van der Waals surface area contributed by atoms with Gasteiger partial charge in [0.05, 0.1) is 25.3 Å². The lowest BCUT2D eigenvalue weighted by Gasteiger charge is -2.14. The molecule has 0 saturated heterocycles. The highest BCUT2D eigenvalue weighted by atomic mass is 35.5. The lowest BCUT2D eigenvalue weighted by Crippen LogP contribution is -2.29. The minimum atomic E-state index is -0.342. The van der Waals surface area contributed by atoms with Crippen LogP contribution in [0.1, 0.15) is 29.9 Å². The van der Waals surface area contributed by atoms with Crippen molar-refractivity contribution in [2.24, 2.45) is 7.05 Å². The Kier molecular flexibility index (Phi) is 8.35. The summed E-state index contributed by atoms with van der Waals surface area (Å²) >= 11 is 7.37. The van der Waals surface area contributed by atoms with E-state index in [1.54, 1.807) is 30.9 Å². The van der Waals surface area contributed by atoms with Crippen LogP contribution in [0.5, 0.6) is 5.75 Å². The first kappa shape index (κ1) is 24.6. The van der Waals surface area contributed by atoms with Crippen molar-refractivity contribution in [2.45, 2.75) is 31.5 Å². The zero-order chi connectivity index (χ0) is 24.0. The molecule has 33 heavy (non-hydrogen) atoms. The van der Waals surface area contributed by atoms with Crippen molar-refractivity contribution in [1.82, 2.24) is 20.1 Å². The number of carbonyl (C=O) groups excluding carboxylic acids is 2. The second kappa shape index (κ2) is 11.2. The van der Waals surface area contributed by atoms with E-state index in [0.717, 1.165) is 16.9 Å². The fourth-order valence-corrected chi connectivity index (χ4v) is 4.01. The van der Waals surface area contributed by atoms with Gasteiger partial charge in [0, 0.05) is 17.8 Å². The number of benzene rings is 2. The number of amides is 2. The molecule has 0 aliphatic carbocycles. The quantitative estimate of drug-likeness (QED) is 0.444. The molecule has 174 valence electrons. The van der Waals surface area contributed by atoms with Gasteiger partial charge in [-0.3, -0.25) is 9.59 Å². The Labute approximate surface area is 202 Å². The smallest absolute Gasteiger partial charge is 0.234 e. The van der Waals surface area contributed by atoms with Crippen LogP contribution < -0.4 is 15.4 Å². The topological polar surface area (TPSA) is 98.1 Å². The molecule has 2 N–H and O–H groups in total. The average molecular weight is 488 g/mol. The zero-order valence-electron chi connectivity index (χ0n) is 18.9. The molecule has 8 nitrogen and oxygen atoms in total. The molecule has 1 unspecified atom stereocenters. The molecule has 0 aliphatic heterocycles. The summed E-state index contributed by atoms with van der Waals surface area (Å²) in [5.41, 5.74) is 2.47. The van der Waals surface area contributed by atoms with Crippen LogP contribution in [-0.2, 0) is 23.1 Å². The van der Waals surface area contributed by atoms with Crippen molar-refractivity contribution in [3.05, 3.63) is 64.4 Å². The second-order valence-electron chi connectivity index (χ2n) is 7.51. The van der Waals surface area contributed by atoms with E-state index in [9.17, 15) is 9.59 Å². The van der Waals surface area contributed by atoms with E-state index in [4.69, 9.17) is 16.3 Å². The lowest BCUT2D eigenvalue weighted by molar-refractivity contribution is -0.121. The molecule has 0 aliphatic rings. The first-order chi connectivity index (χ1) is 15.8. The van der Waals surface area contributed by atoms with Crippen molar-refractivity contribution < 1.29 is 14.3 Å². The average Bonchev–Trinajstić information content (AvgIpc) is 3.15. The molecular formula is C23H26ClN5O3S. The zero-order valence-corrected chi connectivity index (χ0v) is 20.5. The van der Waals surface area contributed by atoms with E-state index in [1.165, 1.54) is 11.8 Å². The molecule has 2 aromatic carbocycles. The Hall–Kier alpha value is -3.04. The number of thioether (sulfide) groups is 1. The van der Waals surface area contributed by atoms with Crippen LogP contribution in [-0.4, -0.2) is 39.4 Å². The maximum atomic E-state index is 12.4. The summed E-state index contributed by atoms with van der Waals surface area (Å²) in [5, 5.41) is 15.3. The van der Waals surface area contributed by atoms with Crippen molar-refractivity contribution in [3.63, 3.8) is 0 Å². The Bertz CT molecular complexity index is 1130. The van der Waals surface area contributed by atoms with Gasteiger partial charge in [-0.05, 0) is 49.2 Å². The monoisotopic (exact) mass is 487 g/mol. The lowest BCUT2D eigenvalue weighted by atomic mass is 10.1. The molecule has 0 saturated carbocycles. The Morgan fingerprint density at radius 2 is 1.88 bits per heavy atom. The van der Waals surface area contributed by atoms with Crippen LogP contribution in [0.15, 0.2) is 47.6 Å². The maximum absolute atomic E-state index is 12.4. The molecule has 1 aromatic heterocycles. The van der Waals surface area contributed by atoms with Crippen LogP contribution in [0.25, 0.3) is 0 Å². The summed E-state index contributed by atoms with van der Waals surface area (Å²) in [4.78, 5) is 24.7. The molecule has 3 rings (SSSR count). The molecule has 3 aromatic rings. The molecule has 0 fully saturated rings. The van der Waals surface area contributed by atoms with Gasteiger partial charge >= 0.3 is 0 Å². The summed E-state index contributed by atoms with van der Waals surface area (Å²) in [6.45, 7) is 3.75. The van der Waals surface area contributed by atoms with Gasteiger partial charge < -0.3 is 19.9 Å². The van der Waals surface area contributed by atoms with Gasteiger partial charge in [0.1, 0.15) is 5.75 Å². The number of anilines is 1. The molecule has 0 spiro atoms. The number of ether oxygens (including phenoxy) is 1. The first-order valence-electron chi connectivity index (χ1n) is 10.3. The third kappa shape index (κ3) is 6.72. The number of halogens is 1. The second-order valence-corrected chi connectivity index (χ2v) is 8.86. The Balaban J connectivity index is 1.52. The predicted molar refractivity (Wildman–Crippen MR) is 130 cm³/mol. The fraction of sp³-hybridized carbons (Fsp3) is 0.304. The van der Waals surface area contributed by atoms with Gasteiger partial charge in [-0.25, -0.2) is 0 Å². The van der Waals surface area contributed by atoms with E-state index in [1.807, 2.05) is 44.2 Å². The molecule has 2 amide bonds. The third-order valence-electron chi connectivity index (χ3n) is 4.95. The van der Waals surface area contributed by atoms with Gasteiger partial charge in [0.25, 0.3) is 0 Å². The number of hydrogen-bond donors (Lipinski definition) is 2. The predicted octanol–water partition coefficient (Wildman–Crippen LogP) is 3.94. The summed E-state index contributed by atoms with van der Waals surface area (Å²) in [5.74, 6) is 1.21. The highest BCUT2D eigenvalue weighted by molar-refractivity contribution is 7.99. The Morgan fingerprint density at radius 3 is 2.55 bits per heavy atom. The van der Waals surface area contributed by atoms with Crippen LogP contribution >= 0.6 is 23.4 Å². The van der Waals surface area contributed by atoms with Crippen molar-refractivity contribution in [2.75, 3.05) is 18.2 Å². The largest absolute Gasteiger partial charge is 0.497 e. The number of rotatable bonds is 9. The van der Waals surface area contributed by atoms with Gasteiger partial charge in [0.15, 0.2) is 11.0 Å². The van der Waals surface area contributed by atoms with Gasteiger partial charge in [0.2, 0.25) is 11.8 Å². The molecule has 1 atom stereocenters. The van der Waals surface area contributed by atoms with Crippen LogP contribution in [0.2, 0.25) is 5.02 Å². The fourth-order valence-electron chi connectivity index (χ4n) is 3.11. The Morgan fingerprint density at radius 1 is 1.15 bits per heavy atom.